The molecular formula is C46H32N2. The second-order valence-corrected chi connectivity index (χ2v) is 13.1. The summed E-state index contributed by atoms with van der Waals surface area (Å²) in [4.78, 5) is 0. The minimum Gasteiger partial charge on any atom is -0.309 e. The topological polar surface area (TPSA) is 9.86 Å². The maximum Gasteiger partial charge on any atom is 0.0541 e. The predicted molar refractivity (Wildman–Crippen MR) is 204 cm³/mol. The van der Waals surface area contributed by atoms with Gasteiger partial charge in [-0.05, 0) is 113 Å². The molecule has 48 heavy (non-hydrogen) atoms. The average molecular weight is 613 g/mol. The molecule has 0 spiro atoms. The maximum atomic E-state index is 4.30. The first-order valence-electron chi connectivity index (χ1n) is 16.7. The van der Waals surface area contributed by atoms with Gasteiger partial charge in [0.05, 0.1) is 22.1 Å². The summed E-state index contributed by atoms with van der Waals surface area (Å²) < 4.78 is 4.81. The highest BCUT2D eigenvalue weighted by Crippen LogP contribution is 2.43. The smallest absolute Gasteiger partial charge is 0.0541 e. The fourth-order valence-electron chi connectivity index (χ4n) is 8.16. The lowest BCUT2D eigenvalue weighted by molar-refractivity contribution is 1.17. The standard InChI is InChI=1S/C46H32N2/c1-29(2)36-16-10-11-33-25-32-19-22-35(28-39(32)46(33)36)48-43-18-9-7-15-38(43)41-27-31(21-24-45(41)48)30-20-23-44-40(26-30)37-14-6-8-17-42(37)47(44)34-12-4-3-5-13-34/h3-24,26-28H,1,25H2,2H3. The van der Waals surface area contributed by atoms with Crippen molar-refractivity contribution in [1.82, 2.24) is 9.13 Å². The van der Waals surface area contributed by atoms with E-state index in [1.54, 1.807) is 0 Å². The number of aromatic nitrogens is 2. The Bertz CT molecular complexity index is 2770. The average Bonchev–Trinajstić information content (AvgIpc) is 3.78. The fraction of sp³-hybridized carbons (Fsp3) is 0.0435. The van der Waals surface area contributed by atoms with E-state index in [4.69, 9.17) is 0 Å². The zero-order valence-electron chi connectivity index (χ0n) is 26.7. The van der Waals surface area contributed by atoms with Crippen LogP contribution in [0.25, 0.3) is 82.8 Å². The molecular weight excluding hydrogens is 581 g/mol. The number of allylic oxidation sites excluding steroid dienone is 1. The molecule has 0 radical (unpaired) electrons. The predicted octanol–water partition coefficient (Wildman–Crippen LogP) is 12.2. The van der Waals surface area contributed by atoms with E-state index in [9.17, 15) is 0 Å². The first-order valence-corrected chi connectivity index (χ1v) is 16.7. The van der Waals surface area contributed by atoms with E-state index in [1.807, 2.05) is 0 Å². The van der Waals surface area contributed by atoms with Gasteiger partial charge in [-0.1, -0.05) is 103 Å². The molecule has 0 atom stereocenters. The van der Waals surface area contributed by atoms with E-state index in [-0.39, 0.29) is 0 Å². The summed E-state index contributed by atoms with van der Waals surface area (Å²) in [6, 6.07) is 55.8. The minimum atomic E-state index is 0.969. The Morgan fingerprint density at radius 2 is 1.06 bits per heavy atom. The summed E-state index contributed by atoms with van der Waals surface area (Å²) in [5.41, 5.74) is 17.5. The Labute approximate surface area is 279 Å². The van der Waals surface area contributed by atoms with Crippen molar-refractivity contribution >= 4 is 49.2 Å². The highest BCUT2D eigenvalue weighted by molar-refractivity contribution is 6.12. The Morgan fingerprint density at radius 1 is 0.479 bits per heavy atom. The molecule has 1 aliphatic carbocycles. The van der Waals surface area contributed by atoms with Crippen molar-refractivity contribution in [2.75, 3.05) is 0 Å². The van der Waals surface area contributed by atoms with Crippen molar-refractivity contribution in [2.45, 2.75) is 13.3 Å². The molecule has 226 valence electrons. The third-order valence-electron chi connectivity index (χ3n) is 10.3. The van der Waals surface area contributed by atoms with Crippen LogP contribution in [0.1, 0.15) is 23.6 Å². The third kappa shape index (κ3) is 3.87. The molecule has 0 N–H and O–H groups in total. The van der Waals surface area contributed by atoms with E-state index < -0.39 is 0 Å². The lowest BCUT2D eigenvalue weighted by atomic mass is 9.95. The molecule has 7 aromatic carbocycles. The van der Waals surface area contributed by atoms with Gasteiger partial charge in [-0.2, -0.15) is 0 Å². The van der Waals surface area contributed by atoms with Gasteiger partial charge in [0.1, 0.15) is 0 Å². The Kier molecular flexibility index (Phi) is 5.74. The lowest BCUT2D eigenvalue weighted by Gasteiger charge is -2.13. The second-order valence-electron chi connectivity index (χ2n) is 13.1. The Morgan fingerprint density at radius 3 is 1.71 bits per heavy atom. The summed E-state index contributed by atoms with van der Waals surface area (Å²) in [6.07, 6.45) is 0.969. The Balaban J connectivity index is 1.15. The summed E-state index contributed by atoms with van der Waals surface area (Å²) >= 11 is 0. The van der Waals surface area contributed by atoms with Crippen LogP contribution in [0.5, 0.6) is 0 Å². The molecule has 0 unspecified atom stereocenters. The van der Waals surface area contributed by atoms with Gasteiger partial charge in [-0.3, -0.25) is 0 Å². The van der Waals surface area contributed by atoms with Gasteiger partial charge in [0, 0.05) is 32.9 Å². The number of fused-ring (bicyclic) bond motifs is 9. The van der Waals surface area contributed by atoms with E-state index in [0.717, 1.165) is 12.0 Å². The Hall–Kier alpha value is -6.12. The van der Waals surface area contributed by atoms with E-state index >= 15 is 0 Å². The van der Waals surface area contributed by atoms with Crippen LogP contribution in [0.4, 0.5) is 0 Å². The third-order valence-corrected chi connectivity index (χ3v) is 10.3. The SMILES string of the molecule is C=C(C)c1cccc2c1-c1cc(-n3c4ccccc4c4cc(-c5ccc6c(c5)c5ccccc5n6-c5ccccc5)ccc43)ccc1C2. The number of para-hydroxylation sites is 3. The molecule has 2 heteroatoms. The van der Waals surface area contributed by atoms with Crippen LogP contribution < -0.4 is 0 Å². The van der Waals surface area contributed by atoms with Crippen molar-refractivity contribution in [3.63, 3.8) is 0 Å². The van der Waals surface area contributed by atoms with Gasteiger partial charge in [0.2, 0.25) is 0 Å². The first-order chi connectivity index (χ1) is 23.6. The summed E-state index contributed by atoms with van der Waals surface area (Å²) in [7, 11) is 0. The second kappa shape index (κ2) is 10.2. The van der Waals surface area contributed by atoms with Gasteiger partial charge >= 0.3 is 0 Å². The number of rotatable bonds is 4. The van der Waals surface area contributed by atoms with Gasteiger partial charge in [-0.15, -0.1) is 0 Å². The molecule has 10 rings (SSSR count). The highest BCUT2D eigenvalue weighted by atomic mass is 15.0. The van der Waals surface area contributed by atoms with E-state index in [1.165, 1.54) is 93.9 Å². The van der Waals surface area contributed by atoms with Crippen molar-refractivity contribution in [3.05, 3.63) is 175 Å². The molecule has 0 fully saturated rings. The molecule has 0 amide bonds. The first kappa shape index (κ1) is 27.0. The largest absolute Gasteiger partial charge is 0.309 e. The van der Waals surface area contributed by atoms with Crippen LogP contribution >= 0.6 is 0 Å². The van der Waals surface area contributed by atoms with Crippen LogP contribution in [0.3, 0.4) is 0 Å². The van der Waals surface area contributed by atoms with Crippen LogP contribution in [-0.2, 0) is 6.42 Å². The van der Waals surface area contributed by atoms with Crippen molar-refractivity contribution < 1.29 is 0 Å². The van der Waals surface area contributed by atoms with E-state index in [2.05, 4.69) is 174 Å². The van der Waals surface area contributed by atoms with Crippen LogP contribution in [0.2, 0.25) is 0 Å². The normalized spacial score (nSPS) is 12.3. The zero-order chi connectivity index (χ0) is 31.9. The summed E-state index contributed by atoms with van der Waals surface area (Å²) in [6.45, 7) is 6.42. The molecule has 0 saturated heterocycles. The zero-order valence-corrected chi connectivity index (χ0v) is 26.7. The number of hydrogen-bond acceptors (Lipinski definition) is 0. The van der Waals surface area contributed by atoms with Crippen molar-refractivity contribution in [3.8, 4) is 33.6 Å². The molecule has 1 aliphatic rings. The quantitative estimate of drug-likeness (QED) is 0.187. The maximum absolute atomic E-state index is 4.30. The van der Waals surface area contributed by atoms with Gasteiger partial charge in [0.15, 0.2) is 0 Å². The molecule has 2 nitrogen and oxygen atoms in total. The van der Waals surface area contributed by atoms with Crippen LogP contribution in [0, 0.1) is 0 Å². The summed E-state index contributed by atoms with van der Waals surface area (Å²) in [5.74, 6) is 0. The van der Waals surface area contributed by atoms with Crippen LogP contribution in [0.15, 0.2) is 158 Å². The molecule has 2 aromatic heterocycles. The minimum absolute atomic E-state index is 0.969. The van der Waals surface area contributed by atoms with Gasteiger partial charge in [-0.25, -0.2) is 0 Å². The number of nitrogens with zero attached hydrogens (tertiary/aromatic N) is 2. The van der Waals surface area contributed by atoms with Crippen molar-refractivity contribution in [1.29, 1.82) is 0 Å². The van der Waals surface area contributed by atoms with Crippen LogP contribution in [-0.4, -0.2) is 9.13 Å². The van der Waals surface area contributed by atoms with Gasteiger partial charge < -0.3 is 9.13 Å². The molecule has 2 heterocycles. The summed E-state index contributed by atoms with van der Waals surface area (Å²) in [5, 5.41) is 5.06. The van der Waals surface area contributed by atoms with E-state index in [0.29, 0.717) is 0 Å². The lowest BCUT2D eigenvalue weighted by Crippen LogP contribution is -1.95. The van der Waals surface area contributed by atoms with Gasteiger partial charge in [0.25, 0.3) is 0 Å². The number of benzene rings is 7. The molecule has 0 bridgehead atoms. The molecule has 9 aromatic rings. The highest BCUT2D eigenvalue weighted by Gasteiger charge is 2.23. The number of hydrogen-bond donors (Lipinski definition) is 0. The fourth-order valence-corrected chi connectivity index (χ4v) is 8.16. The monoisotopic (exact) mass is 612 g/mol. The molecule has 0 aliphatic heterocycles. The van der Waals surface area contributed by atoms with Crippen molar-refractivity contribution in [2.24, 2.45) is 0 Å². The molecule has 0 saturated carbocycles.